The Kier molecular flexibility index (Phi) is 5.58. The Labute approximate surface area is 62.6 Å². The first-order valence-corrected chi connectivity index (χ1v) is 3.56. The first-order chi connectivity index (χ1) is 4.76. The minimum atomic E-state index is 0.148. The Balaban J connectivity index is 3.56. The lowest BCUT2D eigenvalue weighted by atomic mass is 10.3. The van der Waals surface area contributed by atoms with E-state index in [2.05, 4.69) is 11.8 Å². The summed E-state index contributed by atoms with van der Waals surface area (Å²) in [5, 5.41) is 8.84. The number of hydrogen-bond donors (Lipinski definition) is 1. The highest BCUT2D eigenvalue weighted by atomic mass is 16.5. The number of hydrogen-bond acceptors (Lipinski definition) is 3. The molecular weight excluding hydrogens is 130 g/mol. The zero-order valence-electron chi connectivity index (χ0n) is 7.00. The maximum atomic E-state index is 8.84. The lowest BCUT2D eigenvalue weighted by molar-refractivity contribution is 0.0694. The Hall–Kier alpha value is -0.120. The highest BCUT2D eigenvalue weighted by Gasteiger charge is 2.10. The van der Waals surface area contributed by atoms with Gasteiger partial charge < -0.3 is 9.84 Å². The van der Waals surface area contributed by atoms with Gasteiger partial charge in [-0.25, -0.2) is 0 Å². The number of methoxy groups -OCH3 is 1. The van der Waals surface area contributed by atoms with Crippen LogP contribution < -0.4 is 0 Å². The molecule has 1 N–H and O–H groups in total. The van der Waals surface area contributed by atoms with Crippen molar-refractivity contribution < 1.29 is 9.84 Å². The number of nitrogens with zero attached hydrogens (tertiary/aromatic N) is 1. The van der Waals surface area contributed by atoms with Crippen LogP contribution in [-0.4, -0.2) is 50.0 Å². The van der Waals surface area contributed by atoms with Crippen molar-refractivity contribution >= 4 is 0 Å². The number of rotatable bonds is 5. The van der Waals surface area contributed by atoms with Crippen molar-refractivity contribution in [3.8, 4) is 0 Å². The van der Waals surface area contributed by atoms with Crippen LogP contribution in [0.25, 0.3) is 0 Å². The molecule has 0 saturated carbocycles. The Morgan fingerprint density at radius 1 is 1.60 bits per heavy atom. The zero-order valence-corrected chi connectivity index (χ0v) is 7.00. The van der Waals surface area contributed by atoms with Crippen molar-refractivity contribution in [2.75, 3.05) is 33.9 Å². The van der Waals surface area contributed by atoms with E-state index in [1.54, 1.807) is 7.11 Å². The highest BCUT2D eigenvalue weighted by Crippen LogP contribution is 1.94. The van der Waals surface area contributed by atoms with Crippen molar-refractivity contribution in [2.24, 2.45) is 0 Å². The summed E-state index contributed by atoms with van der Waals surface area (Å²) in [7, 11) is 3.62. The van der Waals surface area contributed by atoms with Crippen LogP contribution in [0.15, 0.2) is 0 Å². The maximum absolute atomic E-state index is 8.84. The molecule has 0 aromatic heterocycles. The van der Waals surface area contributed by atoms with Gasteiger partial charge in [-0.05, 0) is 13.6 Å². The second kappa shape index (κ2) is 5.65. The van der Waals surface area contributed by atoms with Gasteiger partial charge in [0.1, 0.15) is 0 Å². The van der Waals surface area contributed by atoms with Gasteiger partial charge in [-0.2, -0.15) is 0 Å². The second-order valence-corrected chi connectivity index (χ2v) is 2.36. The molecule has 1 atom stereocenters. The maximum Gasteiger partial charge on any atom is 0.0640 e. The van der Waals surface area contributed by atoms with Crippen LogP contribution in [0.5, 0.6) is 0 Å². The van der Waals surface area contributed by atoms with Gasteiger partial charge in [0.15, 0.2) is 0 Å². The average Bonchev–Trinajstić information content (AvgIpc) is 1.99. The van der Waals surface area contributed by atoms with Crippen molar-refractivity contribution in [3.63, 3.8) is 0 Å². The lowest BCUT2D eigenvalue weighted by Gasteiger charge is -2.23. The predicted molar refractivity (Wildman–Crippen MR) is 41.1 cm³/mol. The fraction of sp³-hybridized carbons (Fsp3) is 1.00. The van der Waals surface area contributed by atoms with Gasteiger partial charge in [-0.15, -0.1) is 0 Å². The van der Waals surface area contributed by atoms with Crippen molar-refractivity contribution in [2.45, 2.75) is 13.0 Å². The number of aliphatic hydroxyl groups is 1. The van der Waals surface area contributed by atoms with Gasteiger partial charge in [-0.3, -0.25) is 4.90 Å². The minimum absolute atomic E-state index is 0.148. The molecule has 0 radical (unpaired) electrons. The summed E-state index contributed by atoms with van der Waals surface area (Å²) >= 11 is 0. The largest absolute Gasteiger partial charge is 0.395 e. The molecule has 0 aromatic carbocycles. The lowest BCUT2D eigenvalue weighted by Crippen LogP contribution is -2.37. The third kappa shape index (κ3) is 3.15. The minimum Gasteiger partial charge on any atom is -0.395 e. The van der Waals surface area contributed by atoms with Gasteiger partial charge in [0, 0.05) is 7.11 Å². The summed E-state index contributed by atoms with van der Waals surface area (Å²) in [5.41, 5.74) is 0. The predicted octanol–water partition coefficient (Wildman–Crippen LogP) is -0.0546. The third-order valence-electron chi connectivity index (χ3n) is 1.69. The summed E-state index contributed by atoms with van der Waals surface area (Å²) in [6, 6.07) is 0.148. The monoisotopic (exact) mass is 147 g/mol. The summed E-state index contributed by atoms with van der Waals surface area (Å²) in [4.78, 5) is 2.06. The van der Waals surface area contributed by atoms with Crippen LogP contribution in [0.3, 0.4) is 0 Å². The van der Waals surface area contributed by atoms with Crippen LogP contribution >= 0.6 is 0 Å². The molecule has 0 aliphatic carbocycles. The van der Waals surface area contributed by atoms with Gasteiger partial charge in [0.2, 0.25) is 0 Å². The molecule has 1 unspecified atom stereocenters. The molecular formula is C7H17NO2. The molecule has 3 heteroatoms. The Morgan fingerprint density at radius 3 is 2.50 bits per heavy atom. The molecule has 0 bridgehead atoms. The first kappa shape index (κ1) is 9.88. The smallest absolute Gasteiger partial charge is 0.0640 e. The van der Waals surface area contributed by atoms with E-state index < -0.39 is 0 Å². The third-order valence-corrected chi connectivity index (χ3v) is 1.69. The fourth-order valence-corrected chi connectivity index (χ4v) is 0.770. The number of ether oxygens (including phenoxy) is 1. The fourth-order valence-electron chi connectivity index (χ4n) is 0.770. The van der Waals surface area contributed by atoms with Crippen LogP contribution in [0.2, 0.25) is 0 Å². The molecule has 0 spiro atoms. The Bertz CT molecular complexity index is 78.0. The normalized spacial score (nSPS) is 14.1. The van der Waals surface area contributed by atoms with E-state index in [9.17, 15) is 0 Å². The standard InChI is InChI=1S/C7H17NO2/c1-4-8(2)7(5-9)6-10-3/h7,9H,4-6H2,1-3H3. The average molecular weight is 147 g/mol. The van der Waals surface area contributed by atoms with Crippen LogP contribution in [0, 0.1) is 0 Å². The van der Waals surface area contributed by atoms with E-state index in [0.29, 0.717) is 6.61 Å². The second-order valence-electron chi connectivity index (χ2n) is 2.36. The molecule has 0 saturated heterocycles. The van der Waals surface area contributed by atoms with Crippen LogP contribution in [0.1, 0.15) is 6.92 Å². The SMILES string of the molecule is CCN(C)C(CO)COC. The molecule has 0 aromatic rings. The topological polar surface area (TPSA) is 32.7 Å². The van der Waals surface area contributed by atoms with E-state index in [0.717, 1.165) is 6.54 Å². The molecule has 10 heavy (non-hydrogen) atoms. The van der Waals surface area contributed by atoms with E-state index in [1.807, 2.05) is 7.05 Å². The summed E-state index contributed by atoms with van der Waals surface area (Å²) in [6.45, 7) is 3.76. The molecule has 0 rings (SSSR count). The van der Waals surface area contributed by atoms with Gasteiger partial charge in [-0.1, -0.05) is 6.92 Å². The summed E-state index contributed by atoms with van der Waals surface area (Å²) in [6.07, 6.45) is 0. The van der Waals surface area contributed by atoms with Gasteiger partial charge in [0.25, 0.3) is 0 Å². The number of aliphatic hydroxyl groups excluding tert-OH is 1. The van der Waals surface area contributed by atoms with Crippen molar-refractivity contribution in [1.29, 1.82) is 0 Å². The van der Waals surface area contributed by atoms with E-state index in [-0.39, 0.29) is 12.6 Å². The molecule has 0 amide bonds. The van der Waals surface area contributed by atoms with Gasteiger partial charge >= 0.3 is 0 Å². The van der Waals surface area contributed by atoms with Crippen molar-refractivity contribution in [3.05, 3.63) is 0 Å². The quantitative estimate of drug-likeness (QED) is 0.591. The molecule has 0 aliphatic rings. The van der Waals surface area contributed by atoms with E-state index in [1.165, 1.54) is 0 Å². The highest BCUT2D eigenvalue weighted by molar-refractivity contribution is 4.64. The molecule has 62 valence electrons. The molecule has 3 nitrogen and oxygen atoms in total. The summed E-state index contributed by atoms with van der Waals surface area (Å²) < 4.78 is 4.92. The van der Waals surface area contributed by atoms with Crippen LogP contribution in [-0.2, 0) is 4.74 Å². The molecule has 0 heterocycles. The Morgan fingerprint density at radius 2 is 2.20 bits per heavy atom. The zero-order chi connectivity index (χ0) is 7.98. The summed E-state index contributed by atoms with van der Waals surface area (Å²) in [5.74, 6) is 0. The van der Waals surface area contributed by atoms with E-state index >= 15 is 0 Å². The van der Waals surface area contributed by atoms with Gasteiger partial charge in [0.05, 0.1) is 19.3 Å². The van der Waals surface area contributed by atoms with Crippen LogP contribution in [0.4, 0.5) is 0 Å². The van der Waals surface area contributed by atoms with E-state index in [4.69, 9.17) is 9.84 Å². The first-order valence-electron chi connectivity index (χ1n) is 3.56. The molecule has 0 fully saturated rings. The number of likely N-dealkylation sites (N-methyl/N-ethyl adjacent to an activating group) is 1. The van der Waals surface area contributed by atoms with Crippen molar-refractivity contribution in [1.82, 2.24) is 4.90 Å². The molecule has 0 aliphatic heterocycles.